The fraction of sp³-hybridized carbons (Fsp3) is 0.684. The van der Waals surface area contributed by atoms with E-state index in [0.29, 0.717) is 12.0 Å². The Morgan fingerprint density at radius 2 is 1.30 bits per heavy atom. The van der Waals surface area contributed by atoms with Crippen molar-refractivity contribution < 1.29 is 4.74 Å². The second-order valence-corrected chi connectivity index (χ2v) is 7.04. The van der Waals surface area contributed by atoms with Gasteiger partial charge in [-0.25, -0.2) is 0 Å². The molecule has 1 aliphatic carbocycles. The van der Waals surface area contributed by atoms with Crippen molar-refractivity contribution in [2.75, 3.05) is 6.61 Å². The highest BCUT2D eigenvalue weighted by Gasteiger charge is 2.22. The Labute approximate surface area is 123 Å². The van der Waals surface area contributed by atoms with Gasteiger partial charge in [0.2, 0.25) is 0 Å². The zero-order valence-corrected chi connectivity index (χ0v) is 13.0. The third-order valence-corrected chi connectivity index (χ3v) is 5.40. The van der Waals surface area contributed by atoms with Crippen LogP contribution in [0.4, 0.5) is 0 Å². The lowest BCUT2D eigenvalue weighted by Crippen LogP contribution is -2.22. The van der Waals surface area contributed by atoms with Crippen LogP contribution >= 0.6 is 0 Å². The van der Waals surface area contributed by atoms with Crippen molar-refractivity contribution in [1.82, 2.24) is 0 Å². The first kappa shape index (κ1) is 14.1. The predicted octanol–water partition coefficient (Wildman–Crippen LogP) is 5.26. The molecule has 1 nitrogen and oxygen atoms in total. The molecule has 1 heteroatoms. The summed E-state index contributed by atoms with van der Waals surface area (Å²) in [6.45, 7) is 5.48. The van der Waals surface area contributed by atoms with Gasteiger partial charge in [-0.05, 0) is 55.6 Å². The van der Waals surface area contributed by atoms with Crippen molar-refractivity contribution in [3.05, 3.63) is 35.4 Å². The molecule has 1 saturated heterocycles. The van der Waals surface area contributed by atoms with Gasteiger partial charge in [-0.15, -0.1) is 0 Å². The van der Waals surface area contributed by atoms with E-state index >= 15 is 0 Å². The van der Waals surface area contributed by atoms with E-state index in [1.807, 2.05) is 0 Å². The van der Waals surface area contributed by atoms with Crippen LogP contribution in [0, 0.1) is 5.92 Å². The summed E-state index contributed by atoms with van der Waals surface area (Å²) in [7, 11) is 0. The molecule has 2 unspecified atom stereocenters. The minimum absolute atomic E-state index is 0.453. The summed E-state index contributed by atoms with van der Waals surface area (Å²) < 4.78 is 5.80. The van der Waals surface area contributed by atoms with E-state index in [-0.39, 0.29) is 0 Å². The normalized spacial score (nSPS) is 34.9. The molecule has 110 valence electrons. The fourth-order valence-electron chi connectivity index (χ4n) is 3.78. The Morgan fingerprint density at radius 1 is 0.750 bits per heavy atom. The molecule has 1 aliphatic heterocycles. The maximum absolute atomic E-state index is 5.80. The van der Waals surface area contributed by atoms with Gasteiger partial charge in [-0.2, -0.15) is 0 Å². The Balaban J connectivity index is 1.62. The Bertz CT molecular complexity index is 365. The van der Waals surface area contributed by atoms with Crippen LogP contribution in [-0.4, -0.2) is 12.7 Å². The maximum atomic E-state index is 5.80. The van der Waals surface area contributed by atoms with E-state index in [2.05, 4.69) is 38.1 Å². The molecule has 0 radical (unpaired) electrons. The molecule has 0 bridgehead atoms. The van der Waals surface area contributed by atoms with Crippen LogP contribution in [0.15, 0.2) is 24.3 Å². The summed E-state index contributed by atoms with van der Waals surface area (Å²) in [5.41, 5.74) is 3.04. The van der Waals surface area contributed by atoms with Gasteiger partial charge in [0.15, 0.2) is 0 Å². The van der Waals surface area contributed by atoms with E-state index in [0.717, 1.165) is 18.4 Å². The summed E-state index contributed by atoms with van der Waals surface area (Å²) in [6.07, 6.45) is 8.50. The molecule has 2 aliphatic rings. The molecule has 2 atom stereocenters. The summed E-state index contributed by atoms with van der Waals surface area (Å²) in [4.78, 5) is 0. The van der Waals surface area contributed by atoms with Crippen LogP contribution < -0.4 is 0 Å². The first-order valence-corrected chi connectivity index (χ1v) is 8.44. The molecule has 1 heterocycles. The minimum atomic E-state index is 0.453. The molecule has 3 rings (SSSR count). The molecular formula is C19H28O. The topological polar surface area (TPSA) is 9.23 Å². The highest BCUT2D eigenvalue weighted by molar-refractivity contribution is 5.28. The molecule has 0 amide bonds. The van der Waals surface area contributed by atoms with E-state index in [1.54, 1.807) is 5.56 Å². The Morgan fingerprint density at radius 3 is 1.85 bits per heavy atom. The van der Waals surface area contributed by atoms with Gasteiger partial charge in [-0.1, -0.05) is 44.0 Å². The monoisotopic (exact) mass is 272 g/mol. The predicted molar refractivity (Wildman–Crippen MR) is 84.2 cm³/mol. The Kier molecular flexibility index (Phi) is 4.45. The third kappa shape index (κ3) is 3.25. The molecule has 1 aromatic rings. The van der Waals surface area contributed by atoms with Gasteiger partial charge >= 0.3 is 0 Å². The van der Waals surface area contributed by atoms with Gasteiger partial charge in [0, 0.05) is 5.92 Å². The molecule has 20 heavy (non-hydrogen) atoms. The van der Waals surface area contributed by atoms with E-state index in [9.17, 15) is 0 Å². The van der Waals surface area contributed by atoms with Crippen molar-refractivity contribution in [3.8, 4) is 0 Å². The van der Waals surface area contributed by atoms with Crippen molar-refractivity contribution in [2.45, 2.75) is 70.3 Å². The minimum Gasteiger partial charge on any atom is -0.378 e. The maximum Gasteiger partial charge on any atom is 0.0547 e. The van der Waals surface area contributed by atoms with Crippen LogP contribution in [0.2, 0.25) is 0 Å². The van der Waals surface area contributed by atoms with Crippen LogP contribution in [0.25, 0.3) is 0 Å². The van der Waals surface area contributed by atoms with Crippen LogP contribution in [-0.2, 0) is 4.74 Å². The average Bonchev–Trinajstić information content (AvgIpc) is 2.49. The van der Waals surface area contributed by atoms with Crippen molar-refractivity contribution >= 4 is 0 Å². The summed E-state index contributed by atoms with van der Waals surface area (Å²) in [5.74, 6) is 2.36. The van der Waals surface area contributed by atoms with Crippen molar-refractivity contribution in [1.29, 1.82) is 0 Å². The first-order chi connectivity index (χ1) is 9.72. The Hall–Kier alpha value is -0.820. The largest absolute Gasteiger partial charge is 0.378 e. The zero-order chi connectivity index (χ0) is 13.9. The van der Waals surface area contributed by atoms with Crippen molar-refractivity contribution in [2.24, 2.45) is 5.92 Å². The second kappa shape index (κ2) is 6.30. The first-order valence-electron chi connectivity index (χ1n) is 8.44. The highest BCUT2D eigenvalue weighted by Crippen LogP contribution is 2.36. The molecule has 0 aromatic heterocycles. The molecule has 1 saturated carbocycles. The zero-order valence-electron chi connectivity index (χ0n) is 13.0. The molecular weight excluding hydrogens is 244 g/mol. The van der Waals surface area contributed by atoms with Gasteiger partial charge < -0.3 is 4.74 Å². The average molecular weight is 272 g/mol. The summed E-state index contributed by atoms with van der Waals surface area (Å²) >= 11 is 0. The number of ether oxygens (including phenoxy) is 1. The molecule has 2 fully saturated rings. The quantitative estimate of drug-likeness (QED) is 0.713. The number of hydrogen-bond acceptors (Lipinski definition) is 1. The van der Waals surface area contributed by atoms with Gasteiger partial charge in [-0.3, -0.25) is 0 Å². The number of benzene rings is 1. The lowest BCUT2D eigenvalue weighted by Gasteiger charge is -2.28. The number of hydrogen-bond donors (Lipinski definition) is 0. The molecule has 1 aromatic carbocycles. The summed E-state index contributed by atoms with van der Waals surface area (Å²) in [5, 5.41) is 0. The number of rotatable bonds is 2. The highest BCUT2D eigenvalue weighted by atomic mass is 16.5. The van der Waals surface area contributed by atoms with Crippen molar-refractivity contribution in [3.63, 3.8) is 0 Å². The van der Waals surface area contributed by atoms with Crippen LogP contribution in [0.5, 0.6) is 0 Å². The molecule has 0 spiro atoms. The van der Waals surface area contributed by atoms with E-state index in [4.69, 9.17) is 4.74 Å². The smallest absolute Gasteiger partial charge is 0.0547 e. The van der Waals surface area contributed by atoms with E-state index < -0.39 is 0 Å². The van der Waals surface area contributed by atoms with Gasteiger partial charge in [0.1, 0.15) is 0 Å². The lowest BCUT2D eigenvalue weighted by molar-refractivity contribution is 0.0155. The standard InChI is InChI=1S/C19H28O/c1-14-3-6-16(7-4-14)17-9-11-18(12-10-17)19-8-5-15(2)20-13-19/h9-12,14-16,19H,3-8,13H2,1-2H3. The second-order valence-electron chi connectivity index (χ2n) is 7.04. The SMILES string of the molecule is CC1CCC(c2ccc(C3CCC(C)OC3)cc2)CC1. The summed E-state index contributed by atoms with van der Waals surface area (Å²) in [6, 6.07) is 9.48. The van der Waals surface area contributed by atoms with Crippen LogP contribution in [0.3, 0.4) is 0 Å². The van der Waals surface area contributed by atoms with Crippen LogP contribution in [0.1, 0.15) is 75.3 Å². The molecule has 0 N–H and O–H groups in total. The van der Waals surface area contributed by atoms with E-state index in [1.165, 1.54) is 44.1 Å². The van der Waals surface area contributed by atoms with Gasteiger partial charge in [0.05, 0.1) is 12.7 Å². The van der Waals surface area contributed by atoms with Gasteiger partial charge in [0.25, 0.3) is 0 Å². The third-order valence-electron chi connectivity index (χ3n) is 5.40. The lowest BCUT2D eigenvalue weighted by atomic mass is 9.79. The fourth-order valence-corrected chi connectivity index (χ4v) is 3.78.